The smallest absolute Gasteiger partial charge is 0.323 e. The molecular formula is C14H24N2O4. The van der Waals surface area contributed by atoms with Crippen molar-refractivity contribution in [1.29, 1.82) is 0 Å². The monoisotopic (exact) mass is 284 g/mol. The molecular weight excluding hydrogens is 260 g/mol. The highest BCUT2D eigenvalue weighted by Crippen LogP contribution is 2.21. The fourth-order valence-corrected chi connectivity index (χ4v) is 3.17. The summed E-state index contributed by atoms with van der Waals surface area (Å²) in [6, 6.07) is -0.237. The Morgan fingerprint density at radius 1 is 1.35 bits per heavy atom. The third-order valence-corrected chi connectivity index (χ3v) is 4.32. The molecule has 1 N–H and O–H groups in total. The van der Waals surface area contributed by atoms with Crippen LogP contribution in [0.15, 0.2) is 0 Å². The second-order valence-electron chi connectivity index (χ2n) is 5.79. The molecule has 6 heteroatoms. The first-order valence-corrected chi connectivity index (χ1v) is 7.32. The molecule has 3 unspecified atom stereocenters. The SMILES string of the molecule is COC(=O)C1CC(O)CN1CC(=O)N1CCCCC1C. The lowest BCUT2D eigenvalue weighted by molar-refractivity contribution is -0.147. The molecule has 0 spiro atoms. The summed E-state index contributed by atoms with van der Waals surface area (Å²) in [7, 11) is 1.33. The van der Waals surface area contributed by atoms with E-state index in [0.717, 1.165) is 25.8 Å². The average Bonchev–Trinajstić information content (AvgIpc) is 2.79. The Hall–Kier alpha value is -1.14. The highest BCUT2D eigenvalue weighted by Gasteiger charge is 2.38. The second-order valence-corrected chi connectivity index (χ2v) is 5.79. The molecule has 2 aliphatic rings. The van der Waals surface area contributed by atoms with E-state index in [1.54, 1.807) is 4.90 Å². The van der Waals surface area contributed by atoms with Crippen molar-refractivity contribution in [3.63, 3.8) is 0 Å². The number of aliphatic hydroxyl groups is 1. The number of amides is 1. The fraction of sp³-hybridized carbons (Fsp3) is 0.857. The lowest BCUT2D eigenvalue weighted by Crippen LogP contribution is -2.49. The van der Waals surface area contributed by atoms with Crippen LogP contribution in [0.2, 0.25) is 0 Å². The molecule has 0 aromatic carbocycles. The minimum atomic E-state index is -0.564. The van der Waals surface area contributed by atoms with Crippen LogP contribution in [0.1, 0.15) is 32.6 Å². The topological polar surface area (TPSA) is 70.1 Å². The van der Waals surface area contributed by atoms with Gasteiger partial charge in [0.05, 0.1) is 19.8 Å². The molecule has 0 aliphatic carbocycles. The van der Waals surface area contributed by atoms with Crippen LogP contribution >= 0.6 is 0 Å². The summed E-state index contributed by atoms with van der Waals surface area (Å²) >= 11 is 0. The summed E-state index contributed by atoms with van der Waals surface area (Å²) in [5.74, 6) is -0.332. The molecule has 0 saturated carbocycles. The zero-order chi connectivity index (χ0) is 14.7. The summed E-state index contributed by atoms with van der Waals surface area (Å²) in [5, 5.41) is 9.72. The molecule has 0 radical (unpaired) electrons. The van der Waals surface area contributed by atoms with Gasteiger partial charge in [0, 0.05) is 25.6 Å². The zero-order valence-electron chi connectivity index (χ0n) is 12.2. The van der Waals surface area contributed by atoms with Gasteiger partial charge in [0.1, 0.15) is 6.04 Å². The number of aliphatic hydroxyl groups excluding tert-OH is 1. The number of piperidine rings is 1. The number of nitrogens with zero attached hydrogens (tertiary/aromatic N) is 2. The van der Waals surface area contributed by atoms with Crippen LogP contribution in [0.25, 0.3) is 0 Å². The van der Waals surface area contributed by atoms with Crippen molar-refractivity contribution >= 4 is 11.9 Å². The van der Waals surface area contributed by atoms with Crippen LogP contribution in [-0.4, -0.2) is 71.7 Å². The summed E-state index contributed by atoms with van der Waals surface area (Å²) in [6.45, 7) is 3.39. The van der Waals surface area contributed by atoms with Gasteiger partial charge in [0.25, 0.3) is 0 Å². The molecule has 0 aromatic rings. The highest BCUT2D eigenvalue weighted by molar-refractivity contribution is 5.81. The lowest BCUT2D eigenvalue weighted by atomic mass is 10.0. The van der Waals surface area contributed by atoms with E-state index in [-0.39, 0.29) is 24.5 Å². The Kier molecular flexibility index (Phi) is 4.99. The van der Waals surface area contributed by atoms with Gasteiger partial charge in [0.2, 0.25) is 5.91 Å². The van der Waals surface area contributed by atoms with Crippen molar-refractivity contribution in [2.24, 2.45) is 0 Å². The number of hydrogen-bond donors (Lipinski definition) is 1. The molecule has 2 rings (SSSR count). The lowest BCUT2D eigenvalue weighted by Gasteiger charge is -2.35. The molecule has 2 aliphatic heterocycles. The van der Waals surface area contributed by atoms with Crippen LogP contribution in [0.3, 0.4) is 0 Å². The van der Waals surface area contributed by atoms with Gasteiger partial charge in [-0.25, -0.2) is 0 Å². The predicted octanol–water partition coefficient (Wildman–Crippen LogP) is -0.00440. The molecule has 114 valence electrons. The standard InChI is InChI=1S/C14H24N2O4/c1-10-5-3-4-6-16(10)13(18)9-15-8-11(17)7-12(15)14(19)20-2/h10-12,17H,3-9H2,1-2H3. The van der Waals surface area contributed by atoms with Crippen LogP contribution in [0.4, 0.5) is 0 Å². The van der Waals surface area contributed by atoms with Crippen LogP contribution < -0.4 is 0 Å². The zero-order valence-corrected chi connectivity index (χ0v) is 12.2. The molecule has 20 heavy (non-hydrogen) atoms. The van der Waals surface area contributed by atoms with Crippen molar-refractivity contribution in [3.05, 3.63) is 0 Å². The molecule has 1 amide bonds. The number of hydrogen-bond acceptors (Lipinski definition) is 5. The summed E-state index contributed by atoms with van der Waals surface area (Å²) in [4.78, 5) is 27.7. The number of rotatable bonds is 3. The van der Waals surface area contributed by atoms with Crippen LogP contribution in [-0.2, 0) is 14.3 Å². The maximum absolute atomic E-state index is 12.4. The van der Waals surface area contributed by atoms with Crippen molar-refractivity contribution in [1.82, 2.24) is 9.80 Å². The Labute approximate surface area is 119 Å². The number of esters is 1. The predicted molar refractivity (Wildman–Crippen MR) is 73.0 cm³/mol. The van der Waals surface area contributed by atoms with Crippen molar-refractivity contribution in [2.45, 2.75) is 50.8 Å². The molecule has 2 fully saturated rings. The number of methoxy groups -OCH3 is 1. The highest BCUT2D eigenvalue weighted by atomic mass is 16.5. The minimum Gasteiger partial charge on any atom is -0.468 e. The Balaban J connectivity index is 1.96. The minimum absolute atomic E-state index is 0.0419. The van der Waals surface area contributed by atoms with Crippen molar-refractivity contribution in [3.8, 4) is 0 Å². The number of β-amino-alcohol motifs (C(OH)–C–C–N with tert-alkyl or cyclic N) is 1. The second kappa shape index (κ2) is 6.54. The van der Waals surface area contributed by atoms with E-state index in [2.05, 4.69) is 6.92 Å². The summed E-state index contributed by atoms with van der Waals surface area (Å²) in [6.07, 6.45) is 3.02. The average molecular weight is 284 g/mol. The molecule has 0 bridgehead atoms. The third kappa shape index (κ3) is 3.30. The number of ether oxygens (including phenoxy) is 1. The first-order valence-electron chi connectivity index (χ1n) is 7.32. The maximum atomic E-state index is 12.4. The number of carbonyl (C=O) groups excluding carboxylic acids is 2. The molecule has 2 saturated heterocycles. The maximum Gasteiger partial charge on any atom is 0.323 e. The van der Waals surface area contributed by atoms with E-state index in [4.69, 9.17) is 4.74 Å². The Morgan fingerprint density at radius 3 is 2.75 bits per heavy atom. The number of carbonyl (C=O) groups is 2. The molecule has 6 nitrogen and oxygen atoms in total. The summed E-state index contributed by atoms with van der Waals surface area (Å²) in [5.41, 5.74) is 0. The van der Waals surface area contributed by atoms with E-state index in [1.807, 2.05) is 4.90 Å². The first kappa shape index (κ1) is 15.3. The first-order chi connectivity index (χ1) is 9.52. The normalized spacial score (nSPS) is 31.4. The fourth-order valence-electron chi connectivity index (χ4n) is 3.17. The van der Waals surface area contributed by atoms with Crippen LogP contribution in [0.5, 0.6) is 0 Å². The van der Waals surface area contributed by atoms with Crippen molar-refractivity contribution < 1.29 is 19.4 Å². The van der Waals surface area contributed by atoms with E-state index < -0.39 is 12.1 Å². The third-order valence-electron chi connectivity index (χ3n) is 4.32. The summed E-state index contributed by atoms with van der Waals surface area (Å²) < 4.78 is 4.74. The Morgan fingerprint density at radius 2 is 2.10 bits per heavy atom. The Bertz CT molecular complexity index is 374. The van der Waals surface area contributed by atoms with Crippen LogP contribution in [0, 0.1) is 0 Å². The van der Waals surface area contributed by atoms with Gasteiger partial charge >= 0.3 is 5.97 Å². The van der Waals surface area contributed by atoms with E-state index >= 15 is 0 Å². The van der Waals surface area contributed by atoms with E-state index in [9.17, 15) is 14.7 Å². The van der Waals surface area contributed by atoms with Gasteiger partial charge in [-0.2, -0.15) is 0 Å². The van der Waals surface area contributed by atoms with Gasteiger partial charge in [0.15, 0.2) is 0 Å². The number of likely N-dealkylation sites (tertiary alicyclic amines) is 2. The molecule has 0 aromatic heterocycles. The van der Waals surface area contributed by atoms with E-state index in [1.165, 1.54) is 7.11 Å². The van der Waals surface area contributed by atoms with Gasteiger partial charge < -0.3 is 14.7 Å². The van der Waals surface area contributed by atoms with Gasteiger partial charge in [-0.3, -0.25) is 14.5 Å². The van der Waals surface area contributed by atoms with Gasteiger partial charge in [-0.1, -0.05) is 0 Å². The molecule has 3 atom stereocenters. The largest absolute Gasteiger partial charge is 0.468 e. The van der Waals surface area contributed by atoms with Gasteiger partial charge in [-0.15, -0.1) is 0 Å². The van der Waals surface area contributed by atoms with Crippen molar-refractivity contribution in [2.75, 3.05) is 26.7 Å². The van der Waals surface area contributed by atoms with Gasteiger partial charge in [-0.05, 0) is 26.2 Å². The quantitative estimate of drug-likeness (QED) is 0.739. The van der Waals surface area contributed by atoms with E-state index in [0.29, 0.717) is 13.0 Å². The molecule has 2 heterocycles.